The molecule has 0 bridgehead atoms. The van der Waals surface area contributed by atoms with E-state index in [0.717, 1.165) is 37.3 Å². The van der Waals surface area contributed by atoms with Gasteiger partial charge in [0.1, 0.15) is 0 Å². The number of benzene rings is 1. The first-order valence-electron chi connectivity index (χ1n) is 8.73. The predicted molar refractivity (Wildman–Crippen MR) is 95.7 cm³/mol. The van der Waals surface area contributed by atoms with Crippen LogP contribution in [0.25, 0.3) is 5.69 Å². The first-order valence-corrected chi connectivity index (χ1v) is 8.73. The highest BCUT2D eigenvalue weighted by molar-refractivity contribution is 5.95. The number of aryl methyl sites for hydroxylation is 1. The normalized spacial score (nSPS) is 17.9. The van der Waals surface area contributed by atoms with Gasteiger partial charge < -0.3 is 10.6 Å². The highest BCUT2D eigenvalue weighted by atomic mass is 16.1. The van der Waals surface area contributed by atoms with E-state index in [1.807, 2.05) is 16.8 Å². The molecule has 24 heavy (non-hydrogen) atoms. The van der Waals surface area contributed by atoms with Crippen molar-refractivity contribution in [2.45, 2.75) is 45.6 Å². The summed E-state index contributed by atoms with van der Waals surface area (Å²) in [4.78, 5) is 12.7. The van der Waals surface area contributed by atoms with Gasteiger partial charge in [-0.3, -0.25) is 4.79 Å². The Bertz CT molecular complexity index is 697. The van der Waals surface area contributed by atoms with Gasteiger partial charge in [-0.25, -0.2) is 4.68 Å². The standard InChI is InChI=1S/C19H26N4O/c1-13(2)18-17(19(24)22-15-5-4-10-20-11-15)12-21-23(18)16-8-6-14(3)7-9-16/h6-9,12-13,15,20H,4-5,10-11H2,1-3H3,(H,22,24)/t15-/m0/s1. The summed E-state index contributed by atoms with van der Waals surface area (Å²) in [6.45, 7) is 8.14. The molecule has 2 N–H and O–H groups in total. The quantitative estimate of drug-likeness (QED) is 0.908. The minimum Gasteiger partial charge on any atom is -0.348 e. The van der Waals surface area contributed by atoms with Crippen LogP contribution in [0.1, 0.15) is 54.2 Å². The molecule has 0 unspecified atom stereocenters. The molecule has 1 amide bonds. The number of carbonyl (C=O) groups is 1. The second-order valence-corrected chi connectivity index (χ2v) is 6.86. The molecule has 0 aliphatic carbocycles. The Morgan fingerprint density at radius 1 is 1.33 bits per heavy atom. The molecule has 0 spiro atoms. The summed E-state index contributed by atoms with van der Waals surface area (Å²) < 4.78 is 1.89. The molecule has 1 fully saturated rings. The van der Waals surface area contributed by atoms with Gasteiger partial charge in [0.15, 0.2) is 0 Å². The Balaban J connectivity index is 1.88. The molecule has 1 atom stereocenters. The topological polar surface area (TPSA) is 59.0 Å². The third kappa shape index (κ3) is 3.51. The van der Waals surface area contributed by atoms with E-state index in [2.05, 4.69) is 48.6 Å². The second-order valence-electron chi connectivity index (χ2n) is 6.86. The number of hydrogen-bond acceptors (Lipinski definition) is 3. The molecule has 1 aliphatic rings. The van der Waals surface area contributed by atoms with E-state index < -0.39 is 0 Å². The molecule has 0 radical (unpaired) electrons. The number of aromatic nitrogens is 2. The van der Waals surface area contributed by atoms with Gasteiger partial charge >= 0.3 is 0 Å². The van der Waals surface area contributed by atoms with Crippen molar-refractivity contribution in [1.82, 2.24) is 20.4 Å². The van der Waals surface area contributed by atoms with Crippen molar-refractivity contribution < 1.29 is 4.79 Å². The van der Waals surface area contributed by atoms with Crippen LogP contribution in [0.3, 0.4) is 0 Å². The fourth-order valence-electron chi connectivity index (χ4n) is 3.22. The molecule has 128 valence electrons. The smallest absolute Gasteiger partial charge is 0.255 e. The Morgan fingerprint density at radius 2 is 2.08 bits per heavy atom. The van der Waals surface area contributed by atoms with Crippen LogP contribution in [0.15, 0.2) is 30.5 Å². The fraction of sp³-hybridized carbons (Fsp3) is 0.474. The summed E-state index contributed by atoms with van der Waals surface area (Å²) in [6.07, 6.45) is 3.83. The first kappa shape index (κ1) is 16.7. The molecule has 1 aromatic heterocycles. The number of amides is 1. The summed E-state index contributed by atoms with van der Waals surface area (Å²) >= 11 is 0. The zero-order valence-electron chi connectivity index (χ0n) is 14.7. The van der Waals surface area contributed by atoms with Crippen LogP contribution >= 0.6 is 0 Å². The SMILES string of the molecule is Cc1ccc(-n2ncc(C(=O)N[C@H]3CCCNC3)c2C(C)C)cc1. The average molecular weight is 326 g/mol. The van der Waals surface area contributed by atoms with Crippen molar-refractivity contribution in [3.63, 3.8) is 0 Å². The maximum atomic E-state index is 12.7. The lowest BCUT2D eigenvalue weighted by Crippen LogP contribution is -2.45. The molecule has 1 saturated heterocycles. The van der Waals surface area contributed by atoms with Crippen LogP contribution in [0.2, 0.25) is 0 Å². The number of rotatable bonds is 4. The monoisotopic (exact) mass is 326 g/mol. The summed E-state index contributed by atoms with van der Waals surface area (Å²) in [5, 5.41) is 11.0. The van der Waals surface area contributed by atoms with Gasteiger partial charge in [0, 0.05) is 12.6 Å². The molecule has 2 aromatic rings. The predicted octanol–water partition coefficient (Wildman–Crippen LogP) is 2.79. The van der Waals surface area contributed by atoms with Crippen LogP contribution in [-0.4, -0.2) is 34.8 Å². The van der Waals surface area contributed by atoms with Crippen molar-refractivity contribution >= 4 is 5.91 Å². The first-order chi connectivity index (χ1) is 11.6. The molecule has 1 aliphatic heterocycles. The van der Waals surface area contributed by atoms with Crippen molar-refractivity contribution in [1.29, 1.82) is 0 Å². The van der Waals surface area contributed by atoms with Crippen LogP contribution in [0, 0.1) is 6.92 Å². The lowest BCUT2D eigenvalue weighted by Gasteiger charge is -2.24. The highest BCUT2D eigenvalue weighted by Crippen LogP contribution is 2.23. The molecule has 5 nitrogen and oxygen atoms in total. The second kappa shape index (κ2) is 7.18. The molecule has 5 heteroatoms. The summed E-state index contributed by atoms with van der Waals surface area (Å²) in [6, 6.07) is 8.42. The summed E-state index contributed by atoms with van der Waals surface area (Å²) in [7, 11) is 0. The molecular weight excluding hydrogens is 300 g/mol. The fourth-order valence-corrected chi connectivity index (χ4v) is 3.22. The lowest BCUT2D eigenvalue weighted by atomic mass is 10.0. The molecular formula is C19H26N4O. The van der Waals surface area contributed by atoms with E-state index in [1.54, 1.807) is 6.20 Å². The molecule has 3 rings (SSSR count). The van der Waals surface area contributed by atoms with Crippen molar-refractivity contribution in [2.75, 3.05) is 13.1 Å². The summed E-state index contributed by atoms with van der Waals surface area (Å²) in [5.74, 6) is 0.185. The molecule has 1 aromatic carbocycles. The maximum Gasteiger partial charge on any atom is 0.255 e. The number of piperidine rings is 1. The third-order valence-electron chi connectivity index (χ3n) is 4.51. The van der Waals surface area contributed by atoms with E-state index in [9.17, 15) is 4.79 Å². The number of hydrogen-bond donors (Lipinski definition) is 2. The Morgan fingerprint density at radius 3 is 2.71 bits per heavy atom. The number of nitrogens with zero attached hydrogens (tertiary/aromatic N) is 2. The number of carbonyl (C=O) groups excluding carboxylic acids is 1. The minimum absolute atomic E-state index is 0.0224. The van der Waals surface area contributed by atoms with Crippen molar-refractivity contribution in [2.24, 2.45) is 0 Å². The maximum absolute atomic E-state index is 12.7. The van der Waals surface area contributed by atoms with E-state index in [4.69, 9.17) is 0 Å². The molecule has 2 heterocycles. The van der Waals surface area contributed by atoms with Crippen LogP contribution in [0.5, 0.6) is 0 Å². The van der Waals surface area contributed by atoms with Gasteiger partial charge in [0.05, 0.1) is 23.1 Å². The third-order valence-corrected chi connectivity index (χ3v) is 4.51. The Hall–Kier alpha value is -2.14. The molecule has 0 saturated carbocycles. The van der Waals surface area contributed by atoms with Crippen LogP contribution < -0.4 is 10.6 Å². The van der Waals surface area contributed by atoms with Crippen molar-refractivity contribution in [3.8, 4) is 5.69 Å². The average Bonchev–Trinajstić information content (AvgIpc) is 3.02. The van der Waals surface area contributed by atoms with E-state index in [1.165, 1.54) is 5.56 Å². The van der Waals surface area contributed by atoms with Crippen LogP contribution in [0.4, 0.5) is 0 Å². The zero-order chi connectivity index (χ0) is 17.1. The Kier molecular flexibility index (Phi) is 5.00. The van der Waals surface area contributed by atoms with Gasteiger partial charge in [-0.15, -0.1) is 0 Å². The van der Waals surface area contributed by atoms with Crippen molar-refractivity contribution in [3.05, 3.63) is 47.3 Å². The number of nitrogens with one attached hydrogen (secondary N) is 2. The van der Waals surface area contributed by atoms with Gasteiger partial charge in [0.25, 0.3) is 5.91 Å². The van der Waals surface area contributed by atoms with Gasteiger partial charge in [-0.05, 0) is 44.4 Å². The van der Waals surface area contributed by atoms with Gasteiger partial charge in [0.2, 0.25) is 0 Å². The minimum atomic E-state index is -0.0224. The van der Waals surface area contributed by atoms with E-state index >= 15 is 0 Å². The summed E-state index contributed by atoms with van der Waals surface area (Å²) in [5.41, 5.74) is 3.83. The Labute approximate surface area is 143 Å². The van der Waals surface area contributed by atoms with E-state index in [0.29, 0.717) is 5.56 Å². The van der Waals surface area contributed by atoms with E-state index in [-0.39, 0.29) is 17.9 Å². The lowest BCUT2D eigenvalue weighted by molar-refractivity contribution is 0.0929. The van der Waals surface area contributed by atoms with Gasteiger partial charge in [-0.2, -0.15) is 5.10 Å². The zero-order valence-corrected chi connectivity index (χ0v) is 14.7. The largest absolute Gasteiger partial charge is 0.348 e. The van der Waals surface area contributed by atoms with Crippen LogP contribution in [-0.2, 0) is 0 Å². The van der Waals surface area contributed by atoms with Gasteiger partial charge in [-0.1, -0.05) is 31.5 Å². The highest BCUT2D eigenvalue weighted by Gasteiger charge is 2.23.